The first-order chi connectivity index (χ1) is 16.7. The fourth-order valence-corrected chi connectivity index (χ4v) is 4.36. The van der Waals surface area contributed by atoms with Crippen LogP contribution in [0.3, 0.4) is 0 Å². The Bertz CT molecular complexity index is 1110. The van der Waals surface area contributed by atoms with Gasteiger partial charge in [0.1, 0.15) is 11.4 Å². The molecule has 1 saturated heterocycles. The molecule has 0 spiro atoms. The molecule has 1 aromatic carbocycles. The van der Waals surface area contributed by atoms with Crippen molar-refractivity contribution in [1.29, 1.82) is 0 Å². The number of hydrogen-bond donors (Lipinski definition) is 3. The van der Waals surface area contributed by atoms with Crippen LogP contribution in [0.15, 0.2) is 30.7 Å². The van der Waals surface area contributed by atoms with Gasteiger partial charge in [0.15, 0.2) is 5.82 Å². The number of anilines is 2. The summed E-state index contributed by atoms with van der Waals surface area (Å²) in [5.41, 5.74) is 7.04. The van der Waals surface area contributed by atoms with Gasteiger partial charge in [0.25, 0.3) is 12.3 Å². The van der Waals surface area contributed by atoms with E-state index in [9.17, 15) is 18.7 Å². The molecule has 0 bridgehead atoms. The van der Waals surface area contributed by atoms with Crippen molar-refractivity contribution in [3.05, 3.63) is 47.1 Å². The molecule has 3 heterocycles. The van der Waals surface area contributed by atoms with Crippen molar-refractivity contribution in [2.45, 2.75) is 25.4 Å². The Hall–Kier alpha value is -3.02. The molecule has 2 aromatic rings. The predicted octanol–water partition coefficient (Wildman–Crippen LogP) is 2.14. The van der Waals surface area contributed by atoms with E-state index in [4.69, 9.17) is 22.1 Å². The number of alkyl halides is 2. The van der Waals surface area contributed by atoms with E-state index in [2.05, 4.69) is 15.3 Å². The maximum Gasteiger partial charge on any atom is 0.261 e. The number of nitrogens with one attached hydrogen (secondary N) is 1. The van der Waals surface area contributed by atoms with Crippen LogP contribution in [0.5, 0.6) is 5.75 Å². The Morgan fingerprint density at radius 3 is 2.60 bits per heavy atom. The number of benzene rings is 1. The standard InChI is InChI=1S/C23H27ClF2N6O3/c1-23(13-33)8-14-6-17(30-22(34)16(9-27)21-28-10-15(24)11-29-21)18(7-19(14)35-23)32-4-2-31(3-5-32)12-20(25)26/h6-7,9-11,20,33H,2-5,8,12-13,27H2,1H3,(H,30,34). The van der Waals surface area contributed by atoms with Gasteiger partial charge in [0.2, 0.25) is 0 Å². The summed E-state index contributed by atoms with van der Waals surface area (Å²) in [5, 5.41) is 13.0. The molecule has 1 aromatic heterocycles. The molecule has 188 valence electrons. The molecule has 1 unspecified atom stereocenters. The monoisotopic (exact) mass is 508 g/mol. The summed E-state index contributed by atoms with van der Waals surface area (Å²) in [5.74, 6) is 0.213. The fourth-order valence-electron chi connectivity index (χ4n) is 4.26. The van der Waals surface area contributed by atoms with Gasteiger partial charge in [-0.2, -0.15) is 0 Å². The molecule has 4 rings (SSSR count). The minimum absolute atomic E-state index is 0.0614. The molecule has 35 heavy (non-hydrogen) atoms. The van der Waals surface area contributed by atoms with Crippen molar-refractivity contribution in [2.75, 3.05) is 49.5 Å². The quantitative estimate of drug-likeness (QED) is 0.487. The first-order valence-corrected chi connectivity index (χ1v) is 11.5. The number of carbonyl (C=O) groups is 1. The molecule has 0 aliphatic carbocycles. The highest BCUT2D eigenvalue weighted by molar-refractivity contribution is 6.30. The van der Waals surface area contributed by atoms with Crippen LogP contribution in [0.2, 0.25) is 5.02 Å². The first kappa shape index (κ1) is 25.1. The number of nitrogens with zero attached hydrogens (tertiary/aromatic N) is 4. The van der Waals surface area contributed by atoms with Gasteiger partial charge in [0, 0.05) is 62.8 Å². The highest BCUT2D eigenvalue weighted by Gasteiger charge is 2.36. The molecule has 1 atom stereocenters. The molecule has 0 radical (unpaired) electrons. The Morgan fingerprint density at radius 1 is 1.31 bits per heavy atom. The van der Waals surface area contributed by atoms with E-state index in [1.54, 1.807) is 11.8 Å². The van der Waals surface area contributed by atoms with Gasteiger partial charge in [0.05, 0.1) is 35.1 Å². The van der Waals surface area contributed by atoms with Crippen LogP contribution in [-0.4, -0.2) is 77.2 Å². The fraction of sp³-hybridized carbons (Fsp3) is 0.435. The number of aromatic nitrogens is 2. The molecule has 1 amide bonds. The van der Waals surface area contributed by atoms with Crippen molar-refractivity contribution in [2.24, 2.45) is 5.73 Å². The second-order valence-electron chi connectivity index (χ2n) is 8.80. The zero-order valence-electron chi connectivity index (χ0n) is 19.2. The van der Waals surface area contributed by atoms with E-state index in [-0.39, 0.29) is 24.5 Å². The number of halogens is 3. The molecule has 12 heteroatoms. The Labute approximate surface area is 206 Å². The lowest BCUT2D eigenvalue weighted by Crippen LogP contribution is -2.48. The third kappa shape index (κ3) is 5.63. The number of aliphatic hydroxyl groups excluding tert-OH is 1. The van der Waals surface area contributed by atoms with Gasteiger partial charge in [-0.15, -0.1) is 0 Å². The Kier molecular flexibility index (Phi) is 7.39. The number of amides is 1. The van der Waals surface area contributed by atoms with E-state index in [0.29, 0.717) is 54.7 Å². The van der Waals surface area contributed by atoms with Crippen LogP contribution in [0.1, 0.15) is 18.3 Å². The van der Waals surface area contributed by atoms with Crippen molar-refractivity contribution < 1.29 is 23.4 Å². The molecular weight excluding hydrogens is 482 g/mol. The summed E-state index contributed by atoms with van der Waals surface area (Å²) in [4.78, 5) is 25.0. The Morgan fingerprint density at radius 2 is 2.00 bits per heavy atom. The van der Waals surface area contributed by atoms with Crippen molar-refractivity contribution >= 4 is 34.5 Å². The summed E-state index contributed by atoms with van der Waals surface area (Å²) < 4.78 is 31.6. The zero-order chi connectivity index (χ0) is 25.2. The van der Waals surface area contributed by atoms with Gasteiger partial charge in [-0.3, -0.25) is 9.69 Å². The third-order valence-electron chi connectivity index (χ3n) is 6.06. The highest BCUT2D eigenvalue weighted by Crippen LogP contribution is 2.42. The summed E-state index contributed by atoms with van der Waals surface area (Å²) >= 11 is 5.85. The number of rotatable bonds is 7. The van der Waals surface area contributed by atoms with E-state index < -0.39 is 17.9 Å². The first-order valence-electron chi connectivity index (χ1n) is 11.1. The maximum atomic E-state index is 13.2. The predicted molar refractivity (Wildman–Crippen MR) is 129 cm³/mol. The highest BCUT2D eigenvalue weighted by atomic mass is 35.5. The van der Waals surface area contributed by atoms with Crippen LogP contribution in [0.4, 0.5) is 20.2 Å². The number of nitrogens with two attached hydrogens (primary N) is 1. The largest absolute Gasteiger partial charge is 0.484 e. The molecule has 0 saturated carbocycles. The summed E-state index contributed by atoms with van der Waals surface area (Å²) in [6.45, 7) is 3.26. The zero-order valence-corrected chi connectivity index (χ0v) is 19.9. The summed E-state index contributed by atoms with van der Waals surface area (Å²) in [6.07, 6.45) is 1.93. The van der Waals surface area contributed by atoms with E-state index >= 15 is 0 Å². The number of aliphatic hydroxyl groups is 1. The van der Waals surface area contributed by atoms with Crippen LogP contribution in [0, 0.1) is 0 Å². The lowest BCUT2D eigenvalue weighted by atomic mass is 9.99. The number of carbonyl (C=O) groups excluding carboxylic acids is 1. The van der Waals surface area contributed by atoms with Gasteiger partial charge in [-0.1, -0.05) is 11.6 Å². The summed E-state index contributed by atoms with van der Waals surface area (Å²) in [6, 6.07) is 3.63. The molecule has 1 fully saturated rings. The summed E-state index contributed by atoms with van der Waals surface area (Å²) in [7, 11) is 0. The van der Waals surface area contributed by atoms with Gasteiger partial charge in [-0.05, 0) is 13.0 Å². The minimum Gasteiger partial charge on any atom is -0.484 e. The number of ether oxygens (including phenoxy) is 1. The maximum absolute atomic E-state index is 13.2. The molecule has 9 nitrogen and oxygen atoms in total. The SMILES string of the molecule is CC1(CO)Cc2cc(NC(=O)C(=CN)c3ncc(Cl)cn3)c(N3CCN(CC(F)F)CC3)cc2O1. The van der Waals surface area contributed by atoms with Crippen molar-refractivity contribution in [3.8, 4) is 5.75 Å². The minimum atomic E-state index is -2.39. The number of hydrogen-bond acceptors (Lipinski definition) is 8. The smallest absolute Gasteiger partial charge is 0.261 e. The van der Waals surface area contributed by atoms with Gasteiger partial charge in [-0.25, -0.2) is 18.7 Å². The topological polar surface area (TPSA) is 117 Å². The molecule has 2 aliphatic heterocycles. The number of fused-ring (bicyclic) bond motifs is 1. The number of piperazine rings is 1. The second kappa shape index (κ2) is 10.3. The van der Waals surface area contributed by atoms with E-state index in [1.807, 2.05) is 17.0 Å². The van der Waals surface area contributed by atoms with Gasteiger partial charge < -0.3 is 25.8 Å². The van der Waals surface area contributed by atoms with Crippen LogP contribution in [0.25, 0.3) is 5.57 Å². The molecule has 2 aliphatic rings. The molecular formula is C23H27ClF2N6O3. The second-order valence-corrected chi connectivity index (χ2v) is 9.24. The van der Waals surface area contributed by atoms with Crippen molar-refractivity contribution in [1.82, 2.24) is 14.9 Å². The lowest BCUT2D eigenvalue weighted by molar-refractivity contribution is -0.111. The average Bonchev–Trinajstić information content (AvgIpc) is 3.16. The normalized spacial score (nSPS) is 20.6. The van der Waals surface area contributed by atoms with Gasteiger partial charge >= 0.3 is 0 Å². The van der Waals surface area contributed by atoms with Crippen LogP contribution < -0.4 is 20.7 Å². The van der Waals surface area contributed by atoms with E-state index in [1.165, 1.54) is 12.4 Å². The average molecular weight is 509 g/mol. The van der Waals surface area contributed by atoms with Crippen LogP contribution in [-0.2, 0) is 11.2 Å². The molecule has 4 N–H and O–H groups in total. The Balaban J connectivity index is 1.62. The third-order valence-corrected chi connectivity index (χ3v) is 6.26. The van der Waals surface area contributed by atoms with E-state index in [0.717, 1.165) is 11.8 Å². The van der Waals surface area contributed by atoms with Crippen LogP contribution >= 0.6 is 11.6 Å². The lowest BCUT2D eigenvalue weighted by Gasteiger charge is -2.37. The van der Waals surface area contributed by atoms with Crippen molar-refractivity contribution in [3.63, 3.8) is 0 Å².